The van der Waals surface area contributed by atoms with Crippen LogP contribution in [0.3, 0.4) is 0 Å². The summed E-state index contributed by atoms with van der Waals surface area (Å²) in [7, 11) is 0. The predicted molar refractivity (Wildman–Crippen MR) is 74.1 cm³/mol. The van der Waals surface area contributed by atoms with Crippen molar-refractivity contribution >= 4 is 24.0 Å². The molecule has 5 heteroatoms. The van der Waals surface area contributed by atoms with Crippen LogP contribution < -0.4 is 11.1 Å². The second-order valence-electron chi connectivity index (χ2n) is 4.55. The van der Waals surface area contributed by atoms with Crippen molar-refractivity contribution in [2.45, 2.75) is 38.1 Å². The zero-order chi connectivity index (χ0) is 12.3. The van der Waals surface area contributed by atoms with Gasteiger partial charge in [-0.3, -0.25) is 4.79 Å². The van der Waals surface area contributed by atoms with E-state index < -0.39 is 0 Å². The molecular formula is C13H19ClN2O2. The van der Waals surface area contributed by atoms with Gasteiger partial charge < -0.3 is 16.2 Å². The molecule has 1 aliphatic carbocycles. The fourth-order valence-corrected chi connectivity index (χ4v) is 1.81. The monoisotopic (exact) mass is 270 g/mol. The number of carbonyl (C=O) groups excluding carboxylic acids is 1. The highest BCUT2D eigenvalue weighted by Crippen LogP contribution is 2.33. The van der Waals surface area contributed by atoms with E-state index in [9.17, 15) is 9.90 Å². The van der Waals surface area contributed by atoms with E-state index in [1.54, 1.807) is 0 Å². The van der Waals surface area contributed by atoms with Gasteiger partial charge in [0, 0.05) is 12.5 Å². The summed E-state index contributed by atoms with van der Waals surface area (Å²) in [5.41, 5.74) is 6.75. The molecule has 0 saturated heterocycles. The van der Waals surface area contributed by atoms with Crippen LogP contribution in [-0.2, 0) is 11.2 Å². The van der Waals surface area contributed by atoms with Crippen LogP contribution in [0.5, 0.6) is 5.75 Å². The molecule has 0 aromatic heterocycles. The molecule has 1 saturated carbocycles. The van der Waals surface area contributed by atoms with Crippen LogP contribution in [0, 0.1) is 0 Å². The Kier molecular flexibility index (Phi) is 5.28. The lowest BCUT2D eigenvalue weighted by Crippen LogP contribution is -2.10. The number of carbonyl (C=O) groups is 1. The Balaban J connectivity index is 0.00000162. The number of primary amides is 1. The number of hydrogen-bond acceptors (Lipinski definition) is 3. The van der Waals surface area contributed by atoms with Crippen LogP contribution in [0.25, 0.3) is 0 Å². The van der Waals surface area contributed by atoms with Crippen LogP contribution in [0.1, 0.15) is 31.2 Å². The highest BCUT2D eigenvalue weighted by Gasteiger charge is 2.22. The Morgan fingerprint density at radius 2 is 2.17 bits per heavy atom. The number of phenols is 1. The molecule has 1 aromatic carbocycles. The van der Waals surface area contributed by atoms with Crippen molar-refractivity contribution in [1.82, 2.24) is 0 Å². The van der Waals surface area contributed by atoms with E-state index >= 15 is 0 Å². The number of hydrogen-bond donors (Lipinski definition) is 3. The molecular weight excluding hydrogens is 252 g/mol. The van der Waals surface area contributed by atoms with E-state index in [4.69, 9.17) is 5.73 Å². The summed E-state index contributed by atoms with van der Waals surface area (Å²) in [6, 6.07) is 6.20. The summed E-state index contributed by atoms with van der Waals surface area (Å²) in [5.74, 6) is 0.0145. The molecule has 1 amide bonds. The van der Waals surface area contributed by atoms with Gasteiger partial charge in [-0.25, -0.2) is 0 Å². The van der Waals surface area contributed by atoms with Crippen molar-refractivity contribution < 1.29 is 9.90 Å². The number of para-hydroxylation sites is 1. The smallest absolute Gasteiger partial charge is 0.217 e. The number of nitrogens with two attached hydrogens (primary N) is 1. The highest BCUT2D eigenvalue weighted by atomic mass is 35.5. The highest BCUT2D eigenvalue weighted by molar-refractivity contribution is 5.85. The first-order valence-corrected chi connectivity index (χ1v) is 6.02. The maximum atomic E-state index is 10.6. The number of amides is 1. The Bertz CT molecular complexity index is 419. The molecule has 2 rings (SSSR count). The molecule has 0 atom stereocenters. The van der Waals surface area contributed by atoms with Gasteiger partial charge in [-0.05, 0) is 37.3 Å². The molecule has 1 fully saturated rings. The third-order valence-corrected chi connectivity index (χ3v) is 2.93. The first kappa shape index (κ1) is 14.6. The second kappa shape index (κ2) is 6.50. The lowest BCUT2D eigenvalue weighted by atomic mass is 10.1. The predicted octanol–water partition coefficient (Wildman–Crippen LogP) is 2.20. The van der Waals surface area contributed by atoms with Crippen molar-refractivity contribution in [2.75, 3.05) is 5.32 Å². The molecule has 1 aliphatic rings. The maximum Gasteiger partial charge on any atom is 0.217 e. The molecule has 0 aliphatic heterocycles. The molecule has 18 heavy (non-hydrogen) atoms. The minimum Gasteiger partial charge on any atom is -0.505 e. The van der Waals surface area contributed by atoms with E-state index in [1.807, 2.05) is 18.2 Å². The molecule has 0 heterocycles. The third kappa shape index (κ3) is 4.11. The van der Waals surface area contributed by atoms with E-state index in [0.717, 1.165) is 11.3 Å². The Labute approximate surface area is 113 Å². The van der Waals surface area contributed by atoms with Crippen LogP contribution >= 0.6 is 12.4 Å². The molecule has 100 valence electrons. The minimum absolute atomic E-state index is 0. The summed E-state index contributed by atoms with van der Waals surface area (Å²) in [6.07, 6.45) is 4.06. The number of anilines is 1. The normalized spacial score (nSPS) is 13.8. The van der Waals surface area contributed by atoms with E-state index in [-0.39, 0.29) is 18.3 Å². The van der Waals surface area contributed by atoms with Gasteiger partial charge in [0.1, 0.15) is 5.75 Å². The number of benzene rings is 1. The van der Waals surface area contributed by atoms with Crippen molar-refractivity contribution in [2.24, 2.45) is 5.73 Å². The summed E-state index contributed by atoms with van der Waals surface area (Å²) in [5, 5.41) is 13.3. The maximum absolute atomic E-state index is 10.6. The average molecular weight is 271 g/mol. The Morgan fingerprint density at radius 3 is 2.78 bits per heavy atom. The van der Waals surface area contributed by atoms with Gasteiger partial charge in [0.2, 0.25) is 5.91 Å². The van der Waals surface area contributed by atoms with Crippen molar-refractivity contribution in [3.63, 3.8) is 0 Å². The van der Waals surface area contributed by atoms with Crippen LogP contribution in [0.4, 0.5) is 5.69 Å². The molecule has 4 N–H and O–H groups in total. The van der Waals surface area contributed by atoms with Gasteiger partial charge in [-0.1, -0.05) is 12.1 Å². The number of halogens is 1. The first-order valence-electron chi connectivity index (χ1n) is 6.02. The summed E-state index contributed by atoms with van der Waals surface area (Å²) < 4.78 is 0. The Hall–Kier alpha value is -1.42. The minimum atomic E-state index is -0.295. The average Bonchev–Trinajstić information content (AvgIpc) is 3.07. The number of rotatable bonds is 6. The molecule has 0 spiro atoms. The van der Waals surface area contributed by atoms with Crippen molar-refractivity contribution in [3.05, 3.63) is 23.8 Å². The van der Waals surface area contributed by atoms with E-state index in [2.05, 4.69) is 5.32 Å². The summed E-state index contributed by atoms with van der Waals surface area (Å²) in [4.78, 5) is 10.6. The quantitative estimate of drug-likeness (QED) is 0.694. The number of aromatic hydroxyl groups is 1. The van der Waals surface area contributed by atoms with Gasteiger partial charge in [0.15, 0.2) is 0 Å². The van der Waals surface area contributed by atoms with E-state index in [0.29, 0.717) is 31.1 Å². The zero-order valence-electron chi connectivity index (χ0n) is 10.2. The molecule has 4 nitrogen and oxygen atoms in total. The topological polar surface area (TPSA) is 75.4 Å². The van der Waals surface area contributed by atoms with Gasteiger partial charge in [0.05, 0.1) is 5.69 Å². The van der Waals surface area contributed by atoms with Crippen LogP contribution in [0.2, 0.25) is 0 Å². The van der Waals surface area contributed by atoms with Gasteiger partial charge in [-0.15, -0.1) is 12.4 Å². The SMILES string of the molecule is Cl.NC(=O)CCCc1cccc(NC2CC2)c1O. The number of phenolic OH excluding ortho intramolecular Hbond substituents is 1. The van der Waals surface area contributed by atoms with Crippen molar-refractivity contribution in [1.29, 1.82) is 0 Å². The molecule has 0 radical (unpaired) electrons. The van der Waals surface area contributed by atoms with E-state index in [1.165, 1.54) is 12.8 Å². The summed E-state index contributed by atoms with van der Waals surface area (Å²) in [6.45, 7) is 0. The molecule has 1 aromatic rings. The number of nitrogens with one attached hydrogen (secondary N) is 1. The van der Waals surface area contributed by atoms with Gasteiger partial charge >= 0.3 is 0 Å². The molecule has 0 unspecified atom stereocenters. The van der Waals surface area contributed by atoms with Gasteiger partial charge in [0.25, 0.3) is 0 Å². The summed E-state index contributed by atoms with van der Waals surface area (Å²) >= 11 is 0. The second-order valence-corrected chi connectivity index (χ2v) is 4.55. The lowest BCUT2D eigenvalue weighted by molar-refractivity contribution is -0.118. The zero-order valence-corrected chi connectivity index (χ0v) is 11.0. The number of aryl methyl sites for hydroxylation is 1. The first-order chi connectivity index (χ1) is 8.16. The third-order valence-electron chi connectivity index (χ3n) is 2.93. The van der Waals surface area contributed by atoms with Crippen molar-refractivity contribution in [3.8, 4) is 5.75 Å². The molecule has 0 bridgehead atoms. The standard InChI is InChI=1S/C13H18N2O2.ClH/c14-12(16)6-2-4-9-3-1-5-11(13(9)17)15-10-7-8-10;/h1,3,5,10,15,17H,2,4,6-8H2,(H2,14,16);1H. The fraction of sp³-hybridized carbons (Fsp3) is 0.462. The fourth-order valence-electron chi connectivity index (χ4n) is 1.81. The van der Waals surface area contributed by atoms with Crippen LogP contribution in [-0.4, -0.2) is 17.1 Å². The van der Waals surface area contributed by atoms with Crippen LogP contribution in [0.15, 0.2) is 18.2 Å². The lowest BCUT2D eigenvalue weighted by Gasteiger charge is -2.10. The Morgan fingerprint density at radius 1 is 1.44 bits per heavy atom. The largest absolute Gasteiger partial charge is 0.505 e. The van der Waals surface area contributed by atoms with Gasteiger partial charge in [-0.2, -0.15) is 0 Å².